The summed E-state index contributed by atoms with van der Waals surface area (Å²) in [5.74, 6) is 1.99. The van der Waals surface area contributed by atoms with E-state index in [1.807, 2.05) is 29.5 Å². The predicted octanol–water partition coefficient (Wildman–Crippen LogP) is 14.4. The lowest BCUT2D eigenvalue weighted by Gasteiger charge is -2.09. The summed E-state index contributed by atoms with van der Waals surface area (Å²) >= 11 is 3.62. The summed E-state index contributed by atoms with van der Waals surface area (Å²) < 4.78 is 7.33. The van der Waals surface area contributed by atoms with Crippen molar-refractivity contribution in [2.45, 2.75) is 0 Å². The zero-order valence-electron chi connectivity index (χ0n) is 30.4. The third kappa shape index (κ3) is 5.22. The van der Waals surface area contributed by atoms with Gasteiger partial charge in [0.2, 0.25) is 0 Å². The first-order valence-electron chi connectivity index (χ1n) is 19.0. The molecule has 12 aromatic rings. The average Bonchev–Trinajstić information content (AvgIpc) is 3.95. The van der Waals surface area contributed by atoms with E-state index in [0.29, 0.717) is 17.5 Å². The van der Waals surface area contributed by atoms with Crippen LogP contribution < -0.4 is 0 Å². The van der Waals surface area contributed by atoms with Gasteiger partial charge in [-0.25, -0.2) is 15.0 Å². The van der Waals surface area contributed by atoms with Crippen LogP contribution in [-0.2, 0) is 0 Å². The van der Waals surface area contributed by atoms with E-state index >= 15 is 0 Å². The fraction of sp³-hybridized carbons (Fsp3) is 0. The first-order chi connectivity index (χ1) is 28.2. The van der Waals surface area contributed by atoms with E-state index in [4.69, 9.17) is 15.0 Å². The van der Waals surface area contributed by atoms with Crippen LogP contribution in [0.5, 0.6) is 0 Å². The van der Waals surface area contributed by atoms with Gasteiger partial charge in [-0.3, -0.25) is 0 Å². The van der Waals surface area contributed by atoms with Crippen molar-refractivity contribution >= 4 is 84.8 Å². The Labute approximate surface area is 335 Å². The Bertz CT molecular complexity index is 3530. The molecule has 4 nitrogen and oxygen atoms in total. The molecule has 0 bridgehead atoms. The fourth-order valence-electron chi connectivity index (χ4n) is 8.42. The minimum atomic E-state index is 0.662. The maximum Gasteiger partial charge on any atom is 0.164 e. The molecule has 0 aliphatic carbocycles. The van der Waals surface area contributed by atoms with Crippen LogP contribution in [0, 0.1) is 0 Å². The van der Waals surface area contributed by atoms with E-state index in [1.54, 1.807) is 11.3 Å². The number of thiophene rings is 2. The molecule has 0 N–H and O–H groups in total. The van der Waals surface area contributed by atoms with E-state index in [2.05, 4.69) is 168 Å². The second kappa shape index (κ2) is 12.8. The Hall–Kier alpha value is -6.99. The lowest BCUT2D eigenvalue weighted by Crippen LogP contribution is -2.00. The highest BCUT2D eigenvalue weighted by Gasteiger charge is 2.18. The maximum atomic E-state index is 5.15. The van der Waals surface area contributed by atoms with Gasteiger partial charge in [0.25, 0.3) is 0 Å². The number of hydrogen-bond donors (Lipinski definition) is 0. The monoisotopic (exact) mass is 762 g/mol. The smallest absolute Gasteiger partial charge is 0.164 e. The van der Waals surface area contributed by atoms with Crippen molar-refractivity contribution in [3.8, 4) is 51.0 Å². The quantitative estimate of drug-likeness (QED) is 0.175. The molecule has 0 aliphatic rings. The topological polar surface area (TPSA) is 43.6 Å². The highest BCUT2D eigenvalue weighted by Crippen LogP contribution is 2.43. The molecular formula is C51H30N4S2. The van der Waals surface area contributed by atoms with Crippen LogP contribution in [0.2, 0.25) is 0 Å². The van der Waals surface area contributed by atoms with Crippen molar-refractivity contribution in [3.05, 3.63) is 182 Å². The Kier molecular flexibility index (Phi) is 7.24. The summed E-state index contributed by atoms with van der Waals surface area (Å²) in [5, 5.41) is 7.53. The summed E-state index contributed by atoms with van der Waals surface area (Å²) in [4.78, 5) is 15.3. The Morgan fingerprint density at radius 3 is 1.68 bits per heavy atom. The van der Waals surface area contributed by atoms with Gasteiger partial charge < -0.3 is 4.57 Å². The second-order valence-electron chi connectivity index (χ2n) is 14.4. The summed E-state index contributed by atoms with van der Waals surface area (Å²) in [6.45, 7) is 0. The molecule has 0 unspecified atom stereocenters. The SMILES string of the molecule is c1ccc(-c2nc(-c3ccc4c(c3)sc3ccccc34)nc(-c3ccc4c(c3)sc3cccc(-c5ccc6c(c5)c5ccccc5n6-c5ccccc5)c34)n2)cc1. The van der Waals surface area contributed by atoms with E-state index in [1.165, 1.54) is 73.3 Å². The molecule has 57 heavy (non-hydrogen) atoms. The predicted molar refractivity (Wildman–Crippen MR) is 242 cm³/mol. The molecule has 12 rings (SSSR count). The van der Waals surface area contributed by atoms with E-state index < -0.39 is 0 Å². The third-order valence-corrected chi connectivity index (χ3v) is 13.3. The lowest BCUT2D eigenvalue weighted by atomic mass is 9.97. The van der Waals surface area contributed by atoms with Crippen LogP contribution in [0.4, 0.5) is 0 Å². The molecule has 0 aliphatic heterocycles. The van der Waals surface area contributed by atoms with Gasteiger partial charge >= 0.3 is 0 Å². The first-order valence-corrected chi connectivity index (χ1v) is 20.6. The fourth-order valence-corrected chi connectivity index (χ4v) is 10.7. The molecule has 0 saturated heterocycles. The highest BCUT2D eigenvalue weighted by atomic mass is 32.1. The largest absolute Gasteiger partial charge is 0.309 e. The normalized spacial score (nSPS) is 11.9. The summed E-state index contributed by atoms with van der Waals surface area (Å²) in [6.07, 6.45) is 0. The minimum Gasteiger partial charge on any atom is -0.309 e. The van der Waals surface area contributed by atoms with Gasteiger partial charge in [-0.05, 0) is 65.7 Å². The van der Waals surface area contributed by atoms with Crippen LogP contribution in [0.1, 0.15) is 0 Å². The van der Waals surface area contributed by atoms with Gasteiger partial charge in [0.15, 0.2) is 17.5 Å². The number of rotatable bonds is 5. The van der Waals surface area contributed by atoms with Gasteiger partial charge in [-0.2, -0.15) is 0 Å². The molecule has 266 valence electrons. The van der Waals surface area contributed by atoms with Crippen molar-refractivity contribution in [2.24, 2.45) is 0 Å². The summed E-state index contributed by atoms with van der Waals surface area (Å²) in [6, 6.07) is 65.0. The first kappa shape index (κ1) is 32.3. The van der Waals surface area contributed by atoms with Gasteiger partial charge in [-0.15, -0.1) is 22.7 Å². The molecule has 0 fully saturated rings. The van der Waals surface area contributed by atoms with E-state index in [0.717, 1.165) is 22.4 Å². The number of hydrogen-bond acceptors (Lipinski definition) is 5. The van der Waals surface area contributed by atoms with Gasteiger partial charge in [0.1, 0.15) is 0 Å². The van der Waals surface area contributed by atoms with Crippen LogP contribution >= 0.6 is 22.7 Å². The number of benzene rings is 8. The maximum absolute atomic E-state index is 5.15. The van der Waals surface area contributed by atoms with Crippen molar-refractivity contribution in [1.29, 1.82) is 0 Å². The summed E-state index contributed by atoms with van der Waals surface area (Å²) in [5.41, 5.74) is 8.92. The molecule has 4 heterocycles. The van der Waals surface area contributed by atoms with Gasteiger partial charge in [-0.1, -0.05) is 127 Å². The van der Waals surface area contributed by atoms with Gasteiger partial charge in [0, 0.05) is 73.5 Å². The number of fused-ring (bicyclic) bond motifs is 9. The molecule has 6 heteroatoms. The minimum absolute atomic E-state index is 0.662. The molecule has 0 radical (unpaired) electrons. The molecule has 0 amide bonds. The second-order valence-corrected chi connectivity index (χ2v) is 16.6. The third-order valence-electron chi connectivity index (χ3n) is 11.1. The number of nitrogens with zero attached hydrogens (tertiary/aromatic N) is 4. The molecule has 0 saturated carbocycles. The molecule has 0 spiro atoms. The van der Waals surface area contributed by atoms with Crippen molar-refractivity contribution in [2.75, 3.05) is 0 Å². The van der Waals surface area contributed by atoms with Crippen molar-refractivity contribution in [1.82, 2.24) is 19.5 Å². The summed E-state index contributed by atoms with van der Waals surface area (Å²) in [7, 11) is 0. The number of para-hydroxylation sites is 2. The van der Waals surface area contributed by atoms with Crippen LogP contribution in [0.15, 0.2) is 182 Å². The standard InChI is InChI=1S/C51H30N4S2/c1-3-12-31(13-4-1)49-52-50(33-22-25-39-38-17-8-10-20-44(38)56-46(39)29-33)54-51(53-49)34-23-26-40-47(30-34)57-45-21-11-18-36(48(40)45)32-24-27-43-41(28-32)37-16-7-9-19-42(37)55(43)35-14-5-2-6-15-35/h1-30H. The van der Waals surface area contributed by atoms with Crippen LogP contribution in [0.25, 0.3) is 113 Å². The average molecular weight is 763 g/mol. The highest BCUT2D eigenvalue weighted by molar-refractivity contribution is 7.26. The molecular weight excluding hydrogens is 733 g/mol. The zero-order valence-corrected chi connectivity index (χ0v) is 32.1. The molecule has 8 aromatic carbocycles. The van der Waals surface area contributed by atoms with Crippen molar-refractivity contribution < 1.29 is 0 Å². The number of aromatic nitrogens is 4. The van der Waals surface area contributed by atoms with Gasteiger partial charge in [0.05, 0.1) is 11.0 Å². The Balaban J connectivity index is 0.997. The Morgan fingerprint density at radius 2 is 0.895 bits per heavy atom. The van der Waals surface area contributed by atoms with Crippen molar-refractivity contribution in [3.63, 3.8) is 0 Å². The van der Waals surface area contributed by atoms with Crippen LogP contribution in [-0.4, -0.2) is 19.5 Å². The molecule has 4 aromatic heterocycles. The molecule has 0 atom stereocenters. The lowest BCUT2D eigenvalue weighted by molar-refractivity contribution is 1.08. The van der Waals surface area contributed by atoms with Crippen LogP contribution in [0.3, 0.4) is 0 Å². The van der Waals surface area contributed by atoms with E-state index in [-0.39, 0.29) is 0 Å². The zero-order chi connectivity index (χ0) is 37.5. The van der Waals surface area contributed by atoms with E-state index in [9.17, 15) is 0 Å². The Morgan fingerprint density at radius 1 is 0.333 bits per heavy atom.